The van der Waals surface area contributed by atoms with Crippen LogP contribution in [0.1, 0.15) is 6.42 Å². The molecule has 0 bridgehead atoms. The number of anilines is 1. The van der Waals surface area contributed by atoms with E-state index < -0.39 is 10.0 Å². The Hall–Kier alpha value is -1.69. The summed E-state index contributed by atoms with van der Waals surface area (Å²) in [6, 6.07) is 5.13. The first-order chi connectivity index (χ1) is 9.64. The molecule has 0 radical (unpaired) electrons. The van der Waals surface area contributed by atoms with E-state index in [1.807, 2.05) is 6.07 Å². The highest BCUT2D eigenvalue weighted by molar-refractivity contribution is 7.89. The van der Waals surface area contributed by atoms with Crippen LogP contribution >= 0.6 is 0 Å². The van der Waals surface area contributed by atoms with Gasteiger partial charge in [0, 0.05) is 25.8 Å². The van der Waals surface area contributed by atoms with Crippen LogP contribution in [-0.4, -0.2) is 50.6 Å². The molecule has 0 saturated carbocycles. The van der Waals surface area contributed by atoms with E-state index in [0.717, 1.165) is 0 Å². The van der Waals surface area contributed by atoms with Crippen molar-refractivity contribution in [2.75, 3.05) is 38.2 Å². The number of hydrogen-bond donors (Lipinski definition) is 1. The van der Waals surface area contributed by atoms with Gasteiger partial charge >= 0.3 is 0 Å². The second kappa shape index (κ2) is 6.65. The molecule has 2 heterocycles. The largest absolute Gasteiger partial charge is 0.379 e. The first-order valence-corrected chi connectivity index (χ1v) is 7.73. The average Bonchev–Trinajstić information content (AvgIpc) is 2.49. The molecule has 0 aromatic carbocycles. The molecule has 20 heavy (non-hydrogen) atoms. The average molecular weight is 296 g/mol. The highest BCUT2D eigenvalue weighted by Crippen LogP contribution is 2.17. The number of sulfonamides is 1. The molecule has 108 valence electrons. The van der Waals surface area contributed by atoms with E-state index >= 15 is 0 Å². The molecule has 0 unspecified atom stereocenters. The Morgan fingerprint density at radius 3 is 2.75 bits per heavy atom. The van der Waals surface area contributed by atoms with Gasteiger partial charge in [-0.2, -0.15) is 9.57 Å². The summed E-state index contributed by atoms with van der Waals surface area (Å²) in [5.41, 5.74) is 0. The van der Waals surface area contributed by atoms with Gasteiger partial charge in [-0.25, -0.2) is 13.4 Å². The maximum atomic E-state index is 12.3. The Labute approximate surface area is 118 Å². The van der Waals surface area contributed by atoms with Gasteiger partial charge in [0.05, 0.1) is 25.7 Å². The maximum absolute atomic E-state index is 12.3. The molecule has 1 aromatic heterocycles. The van der Waals surface area contributed by atoms with E-state index in [2.05, 4.69) is 10.3 Å². The predicted molar refractivity (Wildman–Crippen MR) is 72.5 cm³/mol. The number of hydrogen-bond acceptors (Lipinski definition) is 6. The summed E-state index contributed by atoms with van der Waals surface area (Å²) in [7, 11) is -3.49. The summed E-state index contributed by atoms with van der Waals surface area (Å²) in [6.07, 6.45) is 1.70. The molecular formula is C12H16N4O3S. The van der Waals surface area contributed by atoms with E-state index in [-0.39, 0.29) is 4.90 Å². The maximum Gasteiger partial charge on any atom is 0.244 e. The molecule has 1 aliphatic heterocycles. The van der Waals surface area contributed by atoms with Crippen molar-refractivity contribution in [2.24, 2.45) is 0 Å². The van der Waals surface area contributed by atoms with Crippen molar-refractivity contribution in [1.29, 1.82) is 5.26 Å². The number of nitrogens with zero attached hydrogens (tertiary/aromatic N) is 3. The fourth-order valence-corrected chi connectivity index (χ4v) is 3.17. The molecule has 1 fully saturated rings. The van der Waals surface area contributed by atoms with Gasteiger partial charge < -0.3 is 10.1 Å². The number of ether oxygens (including phenoxy) is 1. The fourth-order valence-electron chi connectivity index (χ4n) is 1.82. The monoisotopic (exact) mass is 296 g/mol. The summed E-state index contributed by atoms with van der Waals surface area (Å²) in [5, 5.41) is 11.4. The number of nitriles is 1. The molecule has 0 aliphatic carbocycles. The van der Waals surface area contributed by atoms with Gasteiger partial charge in [0.15, 0.2) is 0 Å². The molecule has 2 rings (SSSR count). The number of aromatic nitrogens is 1. The molecule has 0 atom stereocenters. The van der Waals surface area contributed by atoms with Crippen molar-refractivity contribution in [2.45, 2.75) is 11.3 Å². The van der Waals surface area contributed by atoms with Crippen LogP contribution in [0.25, 0.3) is 0 Å². The Morgan fingerprint density at radius 2 is 2.15 bits per heavy atom. The summed E-state index contributed by atoms with van der Waals surface area (Å²) in [6.45, 7) is 2.05. The number of rotatable bonds is 5. The third kappa shape index (κ3) is 3.45. The lowest BCUT2D eigenvalue weighted by Gasteiger charge is -2.25. The van der Waals surface area contributed by atoms with Gasteiger partial charge in [-0.15, -0.1) is 0 Å². The van der Waals surface area contributed by atoms with E-state index in [9.17, 15) is 8.42 Å². The highest BCUT2D eigenvalue weighted by atomic mass is 32.2. The van der Waals surface area contributed by atoms with Crippen molar-refractivity contribution < 1.29 is 13.2 Å². The molecule has 7 nitrogen and oxygen atoms in total. The Bertz CT molecular complexity index is 574. The Morgan fingerprint density at radius 1 is 1.40 bits per heavy atom. The Balaban J connectivity index is 2.06. The lowest BCUT2D eigenvalue weighted by Crippen LogP contribution is -2.40. The van der Waals surface area contributed by atoms with Gasteiger partial charge in [-0.3, -0.25) is 0 Å². The highest BCUT2D eigenvalue weighted by Gasteiger charge is 2.26. The first-order valence-electron chi connectivity index (χ1n) is 6.29. The number of pyridine rings is 1. The van der Waals surface area contributed by atoms with Crippen LogP contribution in [-0.2, 0) is 14.8 Å². The van der Waals surface area contributed by atoms with Gasteiger partial charge in [-0.05, 0) is 12.1 Å². The molecular weight excluding hydrogens is 280 g/mol. The van der Waals surface area contributed by atoms with E-state index in [1.54, 1.807) is 6.07 Å². The molecule has 0 spiro atoms. The van der Waals surface area contributed by atoms with E-state index in [1.165, 1.54) is 16.6 Å². The van der Waals surface area contributed by atoms with Crippen LogP contribution < -0.4 is 5.32 Å². The van der Waals surface area contributed by atoms with Crippen molar-refractivity contribution in [3.63, 3.8) is 0 Å². The third-order valence-electron chi connectivity index (χ3n) is 2.89. The predicted octanol–water partition coefficient (Wildman–Crippen LogP) is 0.428. The van der Waals surface area contributed by atoms with E-state index in [4.69, 9.17) is 10.00 Å². The topological polar surface area (TPSA) is 95.3 Å². The zero-order chi connectivity index (χ0) is 14.4. The molecule has 8 heteroatoms. The summed E-state index contributed by atoms with van der Waals surface area (Å²) in [4.78, 5) is 4.23. The minimum atomic E-state index is -3.49. The van der Waals surface area contributed by atoms with Crippen LogP contribution in [0.5, 0.6) is 0 Å². The molecule has 1 aromatic rings. The quantitative estimate of drug-likeness (QED) is 0.792. The zero-order valence-corrected chi connectivity index (χ0v) is 11.8. The zero-order valence-electron chi connectivity index (χ0n) is 10.9. The van der Waals surface area contributed by atoms with Crippen LogP contribution in [0.3, 0.4) is 0 Å². The van der Waals surface area contributed by atoms with Crippen LogP contribution in [0, 0.1) is 11.3 Å². The van der Waals surface area contributed by atoms with E-state index in [0.29, 0.717) is 45.1 Å². The molecule has 1 saturated heterocycles. The lowest BCUT2D eigenvalue weighted by molar-refractivity contribution is 0.0730. The molecule has 1 N–H and O–H groups in total. The van der Waals surface area contributed by atoms with Gasteiger partial charge in [0.25, 0.3) is 0 Å². The summed E-state index contributed by atoms with van der Waals surface area (Å²) in [5.74, 6) is 0.557. The van der Waals surface area contributed by atoms with Gasteiger partial charge in [-0.1, -0.05) is 0 Å². The molecule has 1 aliphatic rings. The first kappa shape index (κ1) is 14.7. The Kier molecular flexibility index (Phi) is 4.89. The second-order valence-corrected chi connectivity index (χ2v) is 6.17. The fraction of sp³-hybridized carbons (Fsp3) is 0.500. The minimum Gasteiger partial charge on any atom is -0.379 e. The second-order valence-electron chi connectivity index (χ2n) is 4.23. The lowest BCUT2D eigenvalue weighted by atomic mass is 10.4. The van der Waals surface area contributed by atoms with Gasteiger partial charge in [0.2, 0.25) is 10.0 Å². The normalized spacial score (nSPS) is 16.6. The van der Waals surface area contributed by atoms with Gasteiger partial charge in [0.1, 0.15) is 10.7 Å². The van der Waals surface area contributed by atoms with Crippen molar-refractivity contribution >= 4 is 15.8 Å². The standard InChI is InChI=1S/C12H16N4O3S/c13-4-1-5-14-12-3-2-11(10-15-12)20(17,18)16-6-8-19-9-7-16/h2-3,10H,1,5-9H2,(H,14,15). The van der Waals surface area contributed by atoms with Crippen molar-refractivity contribution in [3.8, 4) is 6.07 Å². The van der Waals surface area contributed by atoms with Crippen LogP contribution in [0.4, 0.5) is 5.82 Å². The van der Waals surface area contributed by atoms with Crippen LogP contribution in [0.2, 0.25) is 0 Å². The SMILES string of the molecule is N#CCCNc1ccc(S(=O)(=O)N2CCOCC2)cn1. The van der Waals surface area contributed by atoms with Crippen molar-refractivity contribution in [3.05, 3.63) is 18.3 Å². The molecule has 0 amide bonds. The smallest absolute Gasteiger partial charge is 0.244 e. The summed E-state index contributed by atoms with van der Waals surface area (Å²) >= 11 is 0. The number of nitrogens with one attached hydrogen (secondary N) is 1. The minimum absolute atomic E-state index is 0.172. The van der Waals surface area contributed by atoms with Crippen molar-refractivity contribution in [1.82, 2.24) is 9.29 Å². The number of morpholine rings is 1. The summed E-state index contributed by atoms with van der Waals surface area (Å²) < 4.78 is 31.2. The third-order valence-corrected chi connectivity index (χ3v) is 4.77. The van der Waals surface area contributed by atoms with Crippen LogP contribution in [0.15, 0.2) is 23.2 Å².